The van der Waals surface area contributed by atoms with E-state index in [9.17, 15) is 18.8 Å². The smallest absolute Gasteiger partial charge is 0.344 e. The Balaban J connectivity index is 1.41. The van der Waals surface area contributed by atoms with E-state index in [1.54, 1.807) is 48.4 Å². The summed E-state index contributed by atoms with van der Waals surface area (Å²) in [6.07, 6.45) is 0. The van der Waals surface area contributed by atoms with Gasteiger partial charge in [-0.25, -0.2) is 9.18 Å². The van der Waals surface area contributed by atoms with Gasteiger partial charge in [-0.2, -0.15) is 0 Å². The lowest BCUT2D eigenvalue weighted by atomic mass is 10.1. The summed E-state index contributed by atoms with van der Waals surface area (Å²) in [6, 6.07) is 11.1. The number of hydrogen-bond acceptors (Lipinski definition) is 7. The average Bonchev–Trinajstić information content (AvgIpc) is 2.81. The number of ketones is 1. The van der Waals surface area contributed by atoms with E-state index < -0.39 is 11.8 Å². The van der Waals surface area contributed by atoms with E-state index in [0.29, 0.717) is 48.9 Å². The lowest BCUT2D eigenvalue weighted by Crippen LogP contribution is -2.50. The first-order valence-electron chi connectivity index (χ1n) is 10.1. The van der Waals surface area contributed by atoms with Crippen LogP contribution in [0.1, 0.15) is 17.3 Å². The van der Waals surface area contributed by atoms with Crippen LogP contribution in [0.15, 0.2) is 42.5 Å². The minimum atomic E-state index is -0.652. The number of nitrogens with zero attached hydrogens (tertiary/aromatic N) is 2. The fourth-order valence-corrected chi connectivity index (χ4v) is 3.27. The molecule has 9 heteroatoms. The zero-order valence-electron chi connectivity index (χ0n) is 18.0. The summed E-state index contributed by atoms with van der Waals surface area (Å²) in [7, 11) is 1.55. The van der Waals surface area contributed by atoms with Crippen molar-refractivity contribution in [1.29, 1.82) is 0 Å². The Labute approximate surface area is 185 Å². The van der Waals surface area contributed by atoms with Crippen LogP contribution >= 0.6 is 0 Å². The summed E-state index contributed by atoms with van der Waals surface area (Å²) in [4.78, 5) is 39.0. The van der Waals surface area contributed by atoms with Crippen molar-refractivity contribution in [3.8, 4) is 11.5 Å². The van der Waals surface area contributed by atoms with E-state index in [1.165, 1.54) is 13.0 Å². The number of ether oxygens (including phenoxy) is 3. The Kier molecular flexibility index (Phi) is 7.64. The number of methoxy groups -OCH3 is 1. The van der Waals surface area contributed by atoms with Crippen LogP contribution < -0.4 is 14.4 Å². The van der Waals surface area contributed by atoms with Gasteiger partial charge in [-0.3, -0.25) is 9.59 Å². The Morgan fingerprint density at radius 3 is 2.19 bits per heavy atom. The fourth-order valence-electron chi connectivity index (χ4n) is 3.27. The van der Waals surface area contributed by atoms with E-state index >= 15 is 0 Å². The van der Waals surface area contributed by atoms with E-state index in [-0.39, 0.29) is 24.9 Å². The van der Waals surface area contributed by atoms with Gasteiger partial charge in [0, 0.05) is 31.7 Å². The molecule has 0 atom stereocenters. The summed E-state index contributed by atoms with van der Waals surface area (Å²) in [5, 5.41) is 0. The van der Waals surface area contributed by atoms with Crippen molar-refractivity contribution < 1.29 is 33.0 Å². The van der Waals surface area contributed by atoms with Gasteiger partial charge in [0.25, 0.3) is 5.91 Å². The predicted molar refractivity (Wildman–Crippen MR) is 115 cm³/mol. The summed E-state index contributed by atoms with van der Waals surface area (Å²) in [5.41, 5.74) is 0.710. The van der Waals surface area contributed by atoms with Crippen LogP contribution in [0.4, 0.5) is 10.1 Å². The Hall–Kier alpha value is -3.62. The lowest BCUT2D eigenvalue weighted by Gasteiger charge is -2.36. The van der Waals surface area contributed by atoms with Gasteiger partial charge in [-0.05, 0) is 49.4 Å². The van der Waals surface area contributed by atoms with Crippen molar-refractivity contribution in [2.75, 3.05) is 51.4 Å². The second kappa shape index (κ2) is 10.6. The van der Waals surface area contributed by atoms with Gasteiger partial charge in [-0.1, -0.05) is 0 Å². The molecule has 0 spiro atoms. The van der Waals surface area contributed by atoms with Crippen LogP contribution in [-0.2, 0) is 14.3 Å². The quantitative estimate of drug-likeness (QED) is 0.456. The standard InChI is InChI=1S/C23H25FN2O6/c1-16(27)17-3-8-21(20(24)13-17)25-9-11-26(12-10-25)22(28)14-32-23(29)15-31-19-6-4-18(30-2)5-7-19/h3-8,13H,9-12,14-15H2,1-2H3. The van der Waals surface area contributed by atoms with Gasteiger partial charge in [0.15, 0.2) is 19.0 Å². The highest BCUT2D eigenvalue weighted by Crippen LogP contribution is 2.22. The normalized spacial score (nSPS) is 13.5. The highest BCUT2D eigenvalue weighted by molar-refractivity contribution is 5.94. The first kappa shape index (κ1) is 23.1. The van der Waals surface area contributed by atoms with Crippen LogP contribution in [0, 0.1) is 5.82 Å². The number of carbonyl (C=O) groups is 3. The zero-order valence-corrected chi connectivity index (χ0v) is 18.0. The predicted octanol–water partition coefficient (Wildman–Crippen LogP) is 2.31. The molecule has 2 aromatic carbocycles. The number of carbonyl (C=O) groups excluding carboxylic acids is 3. The highest BCUT2D eigenvalue weighted by Gasteiger charge is 2.24. The Morgan fingerprint density at radius 2 is 1.59 bits per heavy atom. The number of anilines is 1. The third-order valence-corrected chi connectivity index (χ3v) is 5.10. The molecule has 32 heavy (non-hydrogen) atoms. The van der Waals surface area contributed by atoms with Crippen LogP contribution in [0.2, 0.25) is 0 Å². The molecule has 0 N–H and O–H groups in total. The number of esters is 1. The monoisotopic (exact) mass is 444 g/mol. The maximum Gasteiger partial charge on any atom is 0.344 e. The molecule has 0 radical (unpaired) electrons. The Bertz CT molecular complexity index is 971. The van der Waals surface area contributed by atoms with E-state index in [1.807, 2.05) is 4.90 Å². The number of benzene rings is 2. The summed E-state index contributed by atoms with van der Waals surface area (Å²) in [5.74, 6) is -0.497. The largest absolute Gasteiger partial charge is 0.497 e. The molecule has 8 nitrogen and oxygen atoms in total. The minimum absolute atomic E-state index is 0.199. The third-order valence-electron chi connectivity index (χ3n) is 5.10. The number of piperazine rings is 1. The zero-order chi connectivity index (χ0) is 23.1. The number of halogens is 1. The minimum Gasteiger partial charge on any atom is -0.497 e. The Morgan fingerprint density at radius 1 is 0.938 bits per heavy atom. The lowest BCUT2D eigenvalue weighted by molar-refractivity contribution is -0.153. The molecule has 2 aromatic rings. The molecule has 0 aromatic heterocycles. The van der Waals surface area contributed by atoms with Gasteiger partial charge in [0.2, 0.25) is 0 Å². The van der Waals surface area contributed by atoms with Gasteiger partial charge >= 0.3 is 5.97 Å². The van der Waals surface area contributed by atoms with E-state index in [4.69, 9.17) is 14.2 Å². The molecule has 1 aliphatic rings. The number of hydrogen-bond donors (Lipinski definition) is 0. The van der Waals surface area contributed by atoms with Crippen molar-refractivity contribution in [3.05, 3.63) is 53.8 Å². The first-order chi connectivity index (χ1) is 15.4. The van der Waals surface area contributed by atoms with Crippen molar-refractivity contribution in [3.63, 3.8) is 0 Å². The SMILES string of the molecule is COc1ccc(OCC(=O)OCC(=O)N2CCN(c3ccc(C(C)=O)cc3F)CC2)cc1. The van der Waals surface area contributed by atoms with Crippen LogP contribution in [0.5, 0.6) is 11.5 Å². The van der Waals surface area contributed by atoms with E-state index in [2.05, 4.69) is 0 Å². The van der Waals surface area contributed by atoms with Gasteiger partial charge < -0.3 is 24.0 Å². The molecule has 1 amide bonds. The first-order valence-corrected chi connectivity index (χ1v) is 10.1. The molecular formula is C23H25FN2O6. The molecule has 0 saturated carbocycles. The second-order valence-electron chi connectivity index (χ2n) is 7.22. The summed E-state index contributed by atoms with van der Waals surface area (Å²) >= 11 is 0. The number of rotatable bonds is 8. The van der Waals surface area contributed by atoms with Gasteiger partial charge in [0.1, 0.15) is 17.3 Å². The highest BCUT2D eigenvalue weighted by atomic mass is 19.1. The number of Topliss-reactive ketones (excluding diaryl/α,β-unsaturated/α-hetero) is 1. The molecule has 1 heterocycles. The average molecular weight is 444 g/mol. The molecule has 0 unspecified atom stereocenters. The summed E-state index contributed by atoms with van der Waals surface area (Å²) in [6.45, 7) is 2.28. The topological polar surface area (TPSA) is 85.4 Å². The van der Waals surface area contributed by atoms with E-state index in [0.717, 1.165) is 0 Å². The molecule has 170 valence electrons. The van der Waals surface area contributed by atoms with Crippen LogP contribution in [0.25, 0.3) is 0 Å². The third kappa shape index (κ3) is 5.96. The fraction of sp³-hybridized carbons (Fsp3) is 0.348. The molecule has 0 aliphatic carbocycles. The summed E-state index contributed by atoms with van der Waals surface area (Å²) < 4.78 is 29.7. The molecule has 0 bridgehead atoms. The maximum absolute atomic E-state index is 14.3. The molecule has 3 rings (SSSR count). The van der Waals surface area contributed by atoms with Crippen LogP contribution in [-0.4, -0.2) is 69.1 Å². The van der Waals surface area contributed by atoms with Gasteiger partial charge in [0.05, 0.1) is 12.8 Å². The molecular weight excluding hydrogens is 419 g/mol. The van der Waals surface area contributed by atoms with Crippen molar-refractivity contribution in [2.45, 2.75) is 6.92 Å². The van der Waals surface area contributed by atoms with Crippen molar-refractivity contribution >= 4 is 23.3 Å². The van der Waals surface area contributed by atoms with Crippen LogP contribution in [0.3, 0.4) is 0 Å². The molecule has 1 fully saturated rings. The van der Waals surface area contributed by atoms with Crippen molar-refractivity contribution in [2.24, 2.45) is 0 Å². The van der Waals surface area contributed by atoms with Crippen molar-refractivity contribution in [1.82, 2.24) is 4.90 Å². The maximum atomic E-state index is 14.3. The molecule has 1 saturated heterocycles. The number of amides is 1. The van der Waals surface area contributed by atoms with Gasteiger partial charge in [-0.15, -0.1) is 0 Å². The second-order valence-corrected chi connectivity index (χ2v) is 7.22. The molecule has 1 aliphatic heterocycles.